The van der Waals surface area contributed by atoms with E-state index in [2.05, 4.69) is 16.6 Å². The molecule has 3 aromatic rings. The minimum absolute atomic E-state index is 0.160. The molecule has 0 bridgehead atoms. The van der Waals surface area contributed by atoms with Gasteiger partial charge in [-0.05, 0) is 36.2 Å². The van der Waals surface area contributed by atoms with Crippen LogP contribution in [0.2, 0.25) is 0 Å². The Bertz CT molecular complexity index is 953. The van der Waals surface area contributed by atoms with Crippen molar-refractivity contribution in [3.63, 3.8) is 0 Å². The Morgan fingerprint density at radius 2 is 1.85 bits per heavy atom. The van der Waals surface area contributed by atoms with Gasteiger partial charge in [-0.15, -0.1) is 0 Å². The van der Waals surface area contributed by atoms with Crippen LogP contribution >= 0.6 is 0 Å². The van der Waals surface area contributed by atoms with E-state index in [0.29, 0.717) is 29.9 Å². The van der Waals surface area contributed by atoms with Crippen LogP contribution < -0.4 is 5.43 Å². The third-order valence-electron chi connectivity index (χ3n) is 3.80. The number of furan rings is 1. The van der Waals surface area contributed by atoms with Gasteiger partial charge >= 0.3 is 0 Å². The highest BCUT2D eigenvalue weighted by atomic mass is 16.3. The van der Waals surface area contributed by atoms with Crippen LogP contribution in [0.15, 0.2) is 76.2 Å². The Labute approximate surface area is 151 Å². The quantitative estimate of drug-likeness (QED) is 0.544. The highest BCUT2D eigenvalue weighted by Crippen LogP contribution is 2.24. The first-order valence-corrected chi connectivity index (χ1v) is 8.21. The number of carbonyl (C=O) groups excluding carboxylic acids is 1. The zero-order valence-corrected chi connectivity index (χ0v) is 14.1. The lowest BCUT2D eigenvalue weighted by Gasteiger charge is -2.00. The molecule has 0 fully saturated rings. The molecule has 0 atom stereocenters. The number of nitrogens with one attached hydrogen (secondary N) is 1. The molecule has 5 nitrogen and oxygen atoms in total. The molecule has 2 aromatic carbocycles. The van der Waals surface area contributed by atoms with Crippen molar-refractivity contribution in [1.29, 1.82) is 5.26 Å². The van der Waals surface area contributed by atoms with Gasteiger partial charge in [0.2, 0.25) is 5.91 Å². The average Bonchev–Trinajstić information content (AvgIpc) is 3.16. The predicted octanol–water partition coefficient (Wildman–Crippen LogP) is 3.90. The first-order valence-electron chi connectivity index (χ1n) is 8.21. The monoisotopic (exact) mass is 343 g/mol. The molecule has 1 amide bonds. The fraction of sp³-hybridized carbons (Fsp3) is 0.0952. The molecule has 0 spiro atoms. The number of benzene rings is 2. The third kappa shape index (κ3) is 4.46. The molecule has 0 aliphatic heterocycles. The van der Waals surface area contributed by atoms with Gasteiger partial charge in [0.25, 0.3) is 0 Å². The molecule has 1 N–H and O–H groups in total. The van der Waals surface area contributed by atoms with E-state index >= 15 is 0 Å². The van der Waals surface area contributed by atoms with Crippen molar-refractivity contribution >= 4 is 12.1 Å². The van der Waals surface area contributed by atoms with Crippen molar-refractivity contribution in [1.82, 2.24) is 5.43 Å². The van der Waals surface area contributed by atoms with Crippen molar-refractivity contribution < 1.29 is 9.21 Å². The van der Waals surface area contributed by atoms with Crippen LogP contribution in [0, 0.1) is 11.3 Å². The van der Waals surface area contributed by atoms with Crippen LogP contribution in [0.5, 0.6) is 0 Å². The molecule has 0 saturated carbocycles. The SMILES string of the molecule is N#Cc1ccccc1-c1ccc(/C=N/NC(=O)CCc2ccccc2)o1. The van der Waals surface area contributed by atoms with Crippen LogP contribution in [-0.4, -0.2) is 12.1 Å². The second-order valence-electron chi connectivity index (χ2n) is 5.64. The molecule has 5 heteroatoms. The summed E-state index contributed by atoms with van der Waals surface area (Å²) in [4.78, 5) is 11.8. The molecule has 0 saturated heterocycles. The van der Waals surface area contributed by atoms with Gasteiger partial charge in [-0.1, -0.05) is 42.5 Å². The smallest absolute Gasteiger partial charge is 0.240 e. The van der Waals surface area contributed by atoms with Crippen LogP contribution in [0.4, 0.5) is 0 Å². The van der Waals surface area contributed by atoms with E-state index in [0.717, 1.165) is 11.1 Å². The summed E-state index contributed by atoms with van der Waals surface area (Å²) in [5.74, 6) is 0.918. The highest BCUT2D eigenvalue weighted by Gasteiger charge is 2.08. The molecular formula is C21H17N3O2. The Hall–Kier alpha value is -3.65. The highest BCUT2D eigenvalue weighted by molar-refractivity contribution is 5.81. The third-order valence-corrected chi connectivity index (χ3v) is 3.80. The lowest BCUT2D eigenvalue weighted by molar-refractivity contribution is -0.121. The van der Waals surface area contributed by atoms with Crippen LogP contribution in [0.25, 0.3) is 11.3 Å². The summed E-state index contributed by atoms with van der Waals surface area (Å²) in [5.41, 5.74) is 4.87. The molecule has 26 heavy (non-hydrogen) atoms. The number of hydrazone groups is 1. The molecule has 0 aliphatic rings. The van der Waals surface area contributed by atoms with Crippen molar-refractivity contribution in [3.8, 4) is 17.4 Å². The fourth-order valence-corrected chi connectivity index (χ4v) is 2.49. The van der Waals surface area contributed by atoms with Crippen molar-refractivity contribution in [2.75, 3.05) is 0 Å². The number of carbonyl (C=O) groups is 1. The lowest BCUT2D eigenvalue weighted by Crippen LogP contribution is -2.17. The second kappa shape index (κ2) is 8.45. The van der Waals surface area contributed by atoms with Crippen molar-refractivity contribution in [2.24, 2.45) is 5.10 Å². The van der Waals surface area contributed by atoms with E-state index in [1.165, 1.54) is 6.21 Å². The van der Waals surface area contributed by atoms with Gasteiger partial charge in [0.15, 0.2) is 0 Å². The summed E-state index contributed by atoms with van der Waals surface area (Å²) >= 11 is 0. The van der Waals surface area contributed by atoms with Crippen LogP contribution in [0.1, 0.15) is 23.3 Å². The van der Waals surface area contributed by atoms with E-state index < -0.39 is 0 Å². The number of rotatable bonds is 6. The van der Waals surface area contributed by atoms with E-state index in [1.807, 2.05) is 42.5 Å². The molecule has 0 radical (unpaired) electrons. The molecule has 0 unspecified atom stereocenters. The van der Waals surface area contributed by atoms with E-state index in [4.69, 9.17) is 9.68 Å². The zero-order valence-electron chi connectivity index (χ0n) is 14.1. The molecule has 0 aliphatic carbocycles. The van der Waals surface area contributed by atoms with Crippen molar-refractivity contribution in [3.05, 3.63) is 83.6 Å². The Morgan fingerprint density at radius 3 is 2.65 bits per heavy atom. The Balaban J connectivity index is 1.55. The van der Waals surface area contributed by atoms with Gasteiger partial charge < -0.3 is 4.42 Å². The summed E-state index contributed by atoms with van der Waals surface area (Å²) in [6.45, 7) is 0. The van der Waals surface area contributed by atoms with E-state index in [9.17, 15) is 4.79 Å². The minimum Gasteiger partial charge on any atom is -0.455 e. The molecule has 128 valence electrons. The van der Waals surface area contributed by atoms with Gasteiger partial charge in [-0.2, -0.15) is 10.4 Å². The number of hydrogen-bond donors (Lipinski definition) is 1. The number of aryl methyl sites for hydroxylation is 1. The summed E-state index contributed by atoms with van der Waals surface area (Å²) < 4.78 is 5.67. The van der Waals surface area contributed by atoms with Gasteiger partial charge in [-0.25, -0.2) is 5.43 Å². The largest absolute Gasteiger partial charge is 0.455 e. The van der Waals surface area contributed by atoms with Crippen LogP contribution in [0.3, 0.4) is 0 Å². The van der Waals surface area contributed by atoms with Gasteiger partial charge in [0.1, 0.15) is 11.5 Å². The fourth-order valence-electron chi connectivity index (χ4n) is 2.49. The van der Waals surface area contributed by atoms with Crippen LogP contribution in [-0.2, 0) is 11.2 Å². The number of nitrogens with zero attached hydrogens (tertiary/aromatic N) is 2. The average molecular weight is 343 g/mol. The topological polar surface area (TPSA) is 78.4 Å². The molecular weight excluding hydrogens is 326 g/mol. The van der Waals surface area contributed by atoms with Gasteiger partial charge in [-0.3, -0.25) is 4.79 Å². The number of hydrogen-bond acceptors (Lipinski definition) is 4. The molecule has 1 aromatic heterocycles. The first-order chi connectivity index (χ1) is 12.8. The summed E-state index contributed by atoms with van der Waals surface area (Å²) in [6.07, 6.45) is 2.47. The zero-order chi connectivity index (χ0) is 18.2. The van der Waals surface area contributed by atoms with Gasteiger partial charge in [0, 0.05) is 12.0 Å². The van der Waals surface area contributed by atoms with Crippen molar-refractivity contribution in [2.45, 2.75) is 12.8 Å². The minimum atomic E-state index is -0.160. The Kier molecular flexibility index (Phi) is 5.58. The second-order valence-corrected chi connectivity index (χ2v) is 5.64. The number of nitriles is 1. The lowest BCUT2D eigenvalue weighted by atomic mass is 10.1. The summed E-state index contributed by atoms with van der Waals surface area (Å²) in [7, 11) is 0. The van der Waals surface area contributed by atoms with E-state index in [-0.39, 0.29) is 5.91 Å². The summed E-state index contributed by atoms with van der Waals surface area (Å²) in [6, 6.07) is 22.7. The first kappa shape index (κ1) is 17.2. The van der Waals surface area contributed by atoms with E-state index in [1.54, 1.807) is 24.3 Å². The normalized spacial score (nSPS) is 10.6. The maximum atomic E-state index is 11.8. The molecule has 1 heterocycles. The standard InChI is InChI=1S/C21H17N3O2/c22-14-17-8-4-5-9-19(17)20-12-11-18(26-20)15-23-24-21(25)13-10-16-6-2-1-3-7-16/h1-9,11-12,15H,10,13H2,(H,24,25)/b23-15+. The predicted molar refractivity (Wildman–Crippen MR) is 99.4 cm³/mol. The molecule has 3 rings (SSSR count). The van der Waals surface area contributed by atoms with Gasteiger partial charge in [0.05, 0.1) is 17.8 Å². The Morgan fingerprint density at radius 1 is 1.08 bits per heavy atom. The summed E-state index contributed by atoms with van der Waals surface area (Å²) in [5, 5.41) is 13.1. The maximum absolute atomic E-state index is 11.8. The number of amides is 1. The maximum Gasteiger partial charge on any atom is 0.240 e.